The van der Waals surface area contributed by atoms with Crippen LogP contribution < -0.4 is 5.32 Å². The van der Waals surface area contributed by atoms with Gasteiger partial charge >= 0.3 is 0 Å². The maximum Gasteiger partial charge on any atom is 0.0315 e. The SMILES string of the molecule is CCC(CNC(C)c1cccnc1)N(C)C. The van der Waals surface area contributed by atoms with Gasteiger partial charge < -0.3 is 10.2 Å². The Morgan fingerprint density at radius 2 is 2.19 bits per heavy atom. The molecule has 1 aromatic rings. The van der Waals surface area contributed by atoms with Crippen molar-refractivity contribution in [3.05, 3.63) is 30.1 Å². The van der Waals surface area contributed by atoms with Crippen molar-refractivity contribution in [2.45, 2.75) is 32.4 Å². The highest BCUT2D eigenvalue weighted by Gasteiger charge is 2.11. The minimum atomic E-state index is 0.364. The first-order valence-corrected chi connectivity index (χ1v) is 5.94. The Hall–Kier alpha value is -0.930. The zero-order valence-electron chi connectivity index (χ0n) is 10.8. The van der Waals surface area contributed by atoms with Gasteiger partial charge in [-0.15, -0.1) is 0 Å². The molecule has 0 fully saturated rings. The predicted molar refractivity (Wildman–Crippen MR) is 68.4 cm³/mol. The van der Waals surface area contributed by atoms with Gasteiger partial charge in [-0.3, -0.25) is 4.98 Å². The first-order chi connectivity index (χ1) is 7.65. The lowest BCUT2D eigenvalue weighted by Crippen LogP contribution is -2.38. The maximum atomic E-state index is 4.14. The highest BCUT2D eigenvalue weighted by molar-refractivity contribution is 5.12. The van der Waals surface area contributed by atoms with E-state index in [-0.39, 0.29) is 0 Å². The summed E-state index contributed by atoms with van der Waals surface area (Å²) in [7, 11) is 4.26. The molecule has 0 saturated carbocycles. The number of likely N-dealkylation sites (N-methyl/N-ethyl adjacent to an activating group) is 1. The Morgan fingerprint density at radius 3 is 2.69 bits per heavy atom. The zero-order valence-corrected chi connectivity index (χ0v) is 10.8. The van der Waals surface area contributed by atoms with E-state index in [2.05, 4.69) is 49.2 Å². The molecule has 3 nitrogen and oxygen atoms in total. The van der Waals surface area contributed by atoms with E-state index in [0.717, 1.165) is 6.54 Å². The van der Waals surface area contributed by atoms with Crippen LogP contribution >= 0.6 is 0 Å². The van der Waals surface area contributed by atoms with Crippen LogP contribution in [0.15, 0.2) is 24.5 Å². The third kappa shape index (κ3) is 3.91. The first kappa shape index (κ1) is 13.1. The fourth-order valence-electron chi connectivity index (χ4n) is 1.75. The van der Waals surface area contributed by atoms with E-state index in [9.17, 15) is 0 Å². The Morgan fingerprint density at radius 1 is 1.44 bits per heavy atom. The first-order valence-electron chi connectivity index (χ1n) is 5.94. The zero-order chi connectivity index (χ0) is 12.0. The molecular weight excluding hydrogens is 198 g/mol. The second kappa shape index (κ2) is 6.61. The van der Waals surface area contributed by atoms with Gasteiger partial charge in [0.15, 0.2) is 0 Å². The van der Waals surface area contributed by atoms with Crippen LogP contribution in [0.3, 0.4) is 0 Å². The molecule has 2 unspecified atom stereocenters. The van der Waals surface area contributed by atoms with Crippen molar-refractivity contribution in [2.75, 3.05) is 20.6 Å². The lowest BCUT2D eigenvalue weighted by atomic mass is 10.1. The highest BCUT2D eigenvalue weighted by atomic mass is 15.1. The van der Waals surface area contributed by atoms with Gasteiger partial charge in [0.05, 0.1) is 0 Å². The molecular formula is C13H23N3. The summed E-state index contributed by atoms with van der Waals surface area (Å²) in [5, 5.41) is 3.55. The van der Waals surface area contributed by atoms with Crippen molar-refractivity contribution in [2.24, 2.45) is 0 Å². The van der Waals surface area contributed by atoms with E-state index in [1.807, 2.05) is 18.5 Å². The Bertz CT molecular complexity index is 284. The molecule has 0 amide bonds. The second-order valence-corrected chi connectivity index (χ2v) is 4.44. The predicted octanol–water partition coefficient (Wildman–Crippen LogP) is 2.07. The maximum absolute atomic E-state index is 4.14. The Kier molecular flexibility index (Phi) is 5.43. The number of pyridine rings is 1. The van der Waals surface area contributed by atoms with Crippen LogP contribution in [0.2, 0.25) is 0 Å². The lowest BCUT2D eigenvalue weighted by Gasteiger charge is -2.25. The Balaban J connectivity index is 2.43. The largest absolute Gasteiger partial charge is 0.309 e. The molecule has 1 N–H and O–H groups in total. The summed E-state index contributed by atoms with van der Waals surface area (Å²) in [6.45, 7) is 5.42. The molecule has 0 aromatic carbocycles. The van der Waals surface area contributed by atoms with Crippen LogP contribution in [0.5, 0.6) is 0 Å². The molecule has 0 saturated heterocycles. The smallest absolute Gasteiger partial charge is 0.0315 e. The van der Waals surface area contributed by atoms with Crippen molar-refractivity contribution in [1.82, 2.24) is 15.2 Å². The van der Waals surface area contributed by atoms with Gasteiger partial charge in [-0.1, -0.05) is 13.0 Å². The second-order valence-electron chi connectivity index (χ2n) is 4.44. The summed E-state index contributed by atoms with van der Waals surface area (Å²) < 4.78 is 0. The highest BCUT2D eigenvalue weighted by Crippen LogP contribution is 2.10. The van der Waals surface area contributed by atoms with E-state index < -0.39 is 0 Å². The lowest BCUT2D eigenvalue weighted by molar-refractivity contribution is 0.270. The molecule has 1 rings (SSSR count). The van der Waals surface area contributed by atoms with Crippen LogP contribution in [-0.4, -0.2) is 36.6 Å². The molecule has 0 aliphatic carbocycles. The molecule has 16 heavy (non-hydrogen) atoms. The average Bonchev–Trinajstić information content (AvgIpc) is 2.30. The standard InChI is InChI=1S/C13H23N3/c1-5-13(16(3)4)10-15-11(2)12-7-6-8-14-9-12/h6-9,11,13,15H,5,10H2,1-4H3. The average molecular weight is 221 g/mol. The van der Waals surface area contributed by atoms with Gasteiger partial charge in [-0.05, 0) is 39.1 Å². The molecule has 3 heteroatoms. The molecule has 0 bridgehead atoms. The third-order valence-corrected chi connectivity index (χ3v) is 3.05. The minimum absolute atomic E-state index is 0.364. The number of aromatic nitrogens is 1. The van der Waals surface area contributed by atoms with Gasteiger partial charge in [0, 0.05) is 31.0 Å². The van der Waals surface area contributed by atoms with Crippen LogP contribution in [0.1, 0.15) is 31.9 Å². The van der Waals surface area contributed by atoms with Crippen molar-refractivity contribution in [1.29, 1.82) is 0 Å². The van der Waals surface area contributed by atoms with Crippen molar-refractivity contribution >= 4 is 0 Å². The fraction of sp³-hybridized carbons (Fsp3) is 0.615. The summed E-state index contributed by atoms with van der Waals surface area (Å²) in [4.78, 5) is 6.40. The van der Waals surface area contributed by atoms with Crippen molar-refractivity contribution < 1.29 is 0 Å². The number of hydrogen-bond donors (Lipinski definition) is 1. The number of hydrogen-bond acceptors (Lipinski definition) is 3. The van der Waals surface area contributed by atoms with Gasteiger partial charge in [0.1, 0.15) is 0 Å². The van der Waals surface area contributed by atoms with E-state index in [0.29, 0.717) is 12.1 Å². The van der Waals surface area contributed by atoms with Gasteiger partial charge in [-0.25, -0.2) is 0 Å². The topological polar surface area (TPSA) is 28.2 Å². The van der Waals surface area contributed by atoms with Crippen molar-refractivity contribution in [3.8, 4) is 0 Å². The number of nitrogens with zero attached hydrogens (tertiary/aromatic N) is 2. The molecule has 0 aliphatic rings. The monoisotopic (exact) mass is 221 g/mol. The normalized spacial score (nSPS) is 15.1. The third-order valence-electron chi connectivity index (χ3n) is 3.05. The number of nitrogens with one attached hydrogen (secondary N) is 1. The van der Waals surface area contributed by atoms with E-state index >= 15 is 0 Å². The summed E-state index contributed by atoms with van der Waals surface area (Å²) >= 11 is 0. The van der Waals surface area contributed by atoms with Crippen LogP contribution in [0, 0.1) is 0 Å². The molecule has 0 radical (unpaired) electrons. The molecule has 1 heterocycles. The summed E-state index contributed by atoms with van der Waals surface area (Å²) in [5.41, 5.74) is 1.25. The summed E-state index contributed by atoms with van der Waals surface area (Å²) in [6.07, 6.45) is 4.90. The van der Waals surface area contributed by atoms with Crippen LogP contribution in [0.25, 0.3) is 0 Å². The minimum Gasteiger partial charge on any atom is -0.309 e. The van der Waals surface area contributed by atoms with E-state index in [1.54, 1.807) is 0 Å². The molecule has 0 spiro atoms. The van der Waals surface area contributed by atoms with Gasteiger partial charge in [0.2, 0.25) is 0 Å². The van der Waals surface area contributed by atoms with Crippen molar-refractivity contribution in [3.63, 3.8) is 0 Å². The summed E-state index contributed by atoms with van der Waals surface area (Å²) in [6, 6.07) is 5.06. The van der Waals surface area contributed by atoms with Crippen LogP contribution in [0.4, 0.5) is 0 Å². The molecule has 1 aromatic heterocycles. The number of rotatable bonds is 6. The molecule has 90 valence electrons. The fourth-order valence-corrected chi connectivity index (χ4v) is 1.75. The molecule has 0 aliphatic heterocycles. The quantitative estimate of drug-likeness (QED) is 0.797. The van der Waals surface area contributed by atoms with E-state index in [4.69, 9.17) is 0 Å². The van der Waals surface area contributed by atoms with Crippen LogP contribution in [-0.2, 0) is 0 Å². The Labute approximate surface area is 98.9 Å². The van der Waals surface area contributed by atoms with Gasteiger partial charge in [0.25, 0.3) is 0 Å². The molecule has 2 atom stereocenters. The van der Waals surface area contributed by atoms with E-state index in [1.165, 1.54) is 12.0 Å². The van der Waals surface area contributed by atoms with Gasteiger partial charge in [-0.2, -0.15) is 0 Å². The summed E-state index contributed by atoms with van der Waals surface area (Å²) in [5.74, 6) is 0.